The van der Waals surface area contributed by atoms with Gasteiger partial charge in [0.05, 0.1) is 11.7 Å². The number of hydrogen-bond donors (Lipinski definition) is 1. The third-order valence-corrected chi connectivity index (χ3v) is 2.71. The highest BCUT2D eigenvalue weighted by Crippen LogP contribution is 2.18. The monoisotopic (exact) mass is 292 g/mol. The molecule has 0 aromatic carbocycles. The van der Waals surface area contributed by atoms with Gasteiger partial charge in [0.1, 0.15) is 16.2 Å². The largest absolute Gasteiger partial charge is 0.362 e. The highest BCUT2D eigenvalue weighted by atomic mass is 79.9. The van der Waals surface area contributed by atoms with Gasteiger partial charge in [-0.05, 0) is 41.9 Å². The second kappa shape index (κ2) is 5.23. The number of nitrogens with zero attached hydrogens (tertiary/aromatic N) is 3. The second-order valence-corrected chi connectivity index (χ2v) is 4.56. The summed E-state index contributed by atoms with van der Waals surface area (Å²) in [7, 11) is 0. The summed E-state index contributed by atoms with van der Waals surface area (Å²) in [6.45, 7) is 3.91. The smallest absolute Gasteiger partial charge is 0.131 e. The molecule has 2 heterocycles. The Morgan fingerprint density at radius 3 is 2.76 bits per heavy atom. The fourth-order valence-corrected chi connectivity index (χ4v) is 2.01. The van der Waals surface area contributed by atoms with E-state index in [1.165, 1.54) is 0 Å². The van der Waals surface area contributed by atoms with Crippen LogP contribution in [0.15, 0.2) is 35.1 Å². The van der Waals surface area contributed by atoms with E-state index in [0.29, 0.717) is 0 Å². The molecule has 1 unspecified atom stereocenters. The van der Waals surface area contributed by atoms with E-state index >= 15 is 0 Å². The molecule has 2 rings (SSSR count). The molecule has 0 spiro atoms. The summed E-state index contributed by atoms with van der Waals surface area (Å²) in [6, 6.07) is 7.83. The Bertz CT molecular complexity index is 481. The highest BCUT2D eigenvalue weighted by molar-refractivity contribution is 9.10. The van der Waals surface area contributed by atoms with Crippen LogP contribution in [0.5, 0.6) is 0 Å². The van der Waals surface area contributed by atoms with Gasteiger partial charge in [-0.15, -0.1) is 0 Å². The molecule has 4 nitrogen and oxygen atoms in total. The molecule has 0 amide bonds. The average Bonchev–Trinajstić information content (AvgIpc) is 2.28. The first-order valence-corrected chi connectivity index (χ1v) is 6.13. The molecule has 88 valence electrons. The number of aryl methyl sites for hydroxylation is 1. The first-order valence-electron chi connectivity index (χ1n) is 5.34. The van der Waals surface area contributed by atoms with E-state index < -0.39 is 0 Å². The molecule has 0 aliphatic heterocycles. The van der Waals surface area contributed by atoms with Gasteiger partial charge < -0.3 is 5.32 Å². The average molecular weight is 293 g/mol. The van der Waals surface area contributed by atoms with Gasteiger partial charge in [0.2, 0.25) is 0 Å². The molecule has 2 aromatic rings. The van der Waals surface area contributed by atoms with E-state index in [1.54, 1.807) is 6.20 Å². The van der Waals surface area contributed by atoms with Gasteiger partial charge in [-0.3, -0.25) is 4.98 Å². The van der Waals surface area contributed by atoms with Crippen LogP contribution in [0.25, 0.3) is 0 Å². The van der Waals surface area contributed by atoms with E-state index in [2.05, 4.69) is 36.2 Å². The van der Waals surface area contributed by atoms with Crippen LogP contribution < -0.4 is 5.32 Å². The maximum absolute atomic E-state index is 4.32. The molecule has 1 atom stereocenters. The van der Waals surface area contributed by atoms with Crippen molar-refractivity contribution in [3.05, 3.63) is 46.6 Å². The molecule has 0 aliphatic rings. The number of pyridine rings is 1. The molecule has 2 aromatic heterocycles. The van der Waals surface area contributed by atoms with Crippen LogP contribution in [0.1, 0.15) is 24.5 Å². The highest BCUT2D eigenvalue weighted by Gasteiger charge is 2.07. The molecule has 1 N–H and O–H groups in total. The van der Waals surface area contributed by atoms with Crippen molar-refractivity contribution in [1.29, 1.82) is 0 Å². The molecule has 0 aliphatic carbocycles. The molecule has 0 radical (unpaired) electrons. The van der Waals surface area contributed by atoms with Crippen molar-refractivity contribution in [2.75, 3.05) is 5.32 Å². The van der Waals surface area contributed by atoms with Crippen LogP contribution in [-0.4, -0.2) is 15.0 Å². The number of anilines is 1. The third kappa shape index (κ3) is 3.23. The fraction of sp³-hybridized carbons (Fsp3) is 0.250. The zero-order chi connectivity index (χ0) is 12.3. The zero-order valence-corrected chi connectivity index (χ0v) is 11.3. The van der Waals surface area contributed by atoms with Gasteiger partial charge in [0.25, 0.3) is 0 Å². The van der Waals surface area contributed by atoms with Gasteiger partial charge >= 0.3 is 0 Å². The van der Waals surface area contributed by atoms with E-state index in [-0.39, 0.29) is 6.04 Å². The lowest BCUT2D eigenvalue weighted by molar-refractivity contribution is 0.826. The Kier molecular flexibility index (Phi) is 3.68. The Hall–Kier alpha value is -1.49. The topological polar surface area (TPSA) is 50.7 Å². The summed E-state index contributed by atoms with van der Waals surface area (Å²) >= 11 is 3.35. The minimum Gasteiger partial charge on any atom is -0.362 e. The van der Waals surface area contributed by atoms with Crippen molar-refractivity contribution in [2.45, 2.75) is 19.9 Å². The van der Waals surface area contributed by atoms with Gasteiger partial charge in [-0.2, -0.15) is 0 Å². The third-order valence-electron chi connectivity index (χ3n) is 2.30. The van der Waals surface area contributed by atoms with Gasteiger partial charge in [0.15, 0.2) is 0 Å². The predicted octanol–water partition coefficient (Wildman–Crippen LogP) is 3.12. The molecular weight excluding hydrogens is 280 g/mol. The van der Waals surface area contributed by atoms with Gasteiger partial charge in [-0.1, -0.05) is 6.07 Å². The van der Waals surface area contributed by atoms with Crippen molar-refractivity contribution >= 4 is 21.7 Å². The molecule has 0 saturated heterocycles. The Balaban J connectivity index is 2.16. The lowest BCUT2D eigenvalue weighted by Crippen LogP contribution is -2.10. The zero-order valence-electron chi connectivity index (χ0n) is 9.68. The summed E-state index contributed by atoms with van der Waals surface area (Å²) in [5.41, 5.74) is 0.986. The van der Waals surface area contributed by atoms with E-state index in [1.807, 2.05) is 38.1 Å². The number of halogens is 1. The standard InChI is InChI=1S/C12H13BrN4/c1-8(10-5-3-4-6-14-10)15-12-7-11(13)16-9(2)17-12/h3-8H,1-2H3,(H,15,16,17). The van der Waals surface area contributed by atoms with Crippen molar-refractivity contribution in [2.24, 2.45) is 0 Å². The molecule has 0 bridgehead atoms. The lowest BCUT2D eigenvalue weighted by atomic mass is 10.2. The minimum absolute atomic E-state index is 0.109. The number of hydrogen-bond acceptors (Lipinski definition) is 4. The Morgan fingerprint density at radius 2 is 2.12 bits per heavy atom. The normalized spacial score (nSPS) is 12.2. The fourth-order valence-electron chi connectivity index (χ4n) is 1.53. The second-order valence-electron chi connectivity index (χ2n) is 3.74. The van der Waals surface area contributed by atoms with Crippen molar-refractivity contribution in [1.82, 2.24) is 15.0 Å². The molecular formula is C12H13BrN4. The van der Waals surface area contributed by atoms with Crippen LogP contribution in [0.2, 0.25) is 0 Å². The summed E-state index contributed by atoms with van der Waals surface area (Å²) in [5, 5.41) is 3.30. The van der Waals surface area contributed by atoms with E-state index in [4.69, 9.17) is 0 Å². The summed E-state index contributed by atoms with van der Waals surface area (Å²) < 4.78 is 0.778. The summed E-state index contributed by atoms with van der Waals surface area (Å²) in [5.74, 6) is 1.53. The van der Waals surface area contributed by atoms with Crippen LogP contribution in [0, 0.1) is 6.92 Å². The maximum Gasteiger partial charge on any atom is 0.131 e. The van der Waals surface area contributed by atoms with E-state index in [0.717, 1.165) is 21.9 Å². The minimum atomic E-state index is 0.109. The van der Waals surface area contributed by atoms with E-state index in [9.17, 15) is 0 Å². The van der Waals surface area contributed by atoms with Crippen molar-refractivity contribution in [3.63, 3.8) is 0 Å². The lowest BCUT2D eigenvalue weighted by Gasteiger charge is -2.14. The van der Waals surface area contributed by atoms with Crippen LogP contribution in [-0.2, 0) is 0 Å². The first-order chi connectivity index (χ1) is 8.15. The molecule has 0 saturated carbocycles. The summed E-state index contributed by atoms with van der Waals surface area (Å²) in [4.78, 5) is 12.8. The first kappa shape index (κ1) is 12.0. The Labute approximate surface area is 109 Å². The van der Waals surface area contributed by atoms with Gasteiger partial charge in [0, 0.05) is 12.3 Å². The Morgan fingerprint density at radius 1 is 1.29 bits per heavy atom. The quantitative estimate of drug-likeness (QED) is 0.883. The van der Waals surface area contributed by atoms with Crippen molar-refractivity contribution in [3.8, 4) is 0 Å². The molecule has 17 heavy (non-hydrogen) atoms. The SMILES string of the molecule is Cc1nc(Br)cc(NC(C)c2ccccn2)n1. The van der Waals surface area contributed by atoms with Crippen LogP contribution in [0.4, 0.5) is 5.82 Å². The van der Waals surface area contributed by atoms with Gasteiger partial charge in [-0.25, -0.2) is 9.97 Å². The maximum atomic E-state index is 4.32. The number of rotatable bonds is 3. The molecule has 5 heteroatoms. The number of aromatic nitrogens is 3. The predicted molar refractivity (Wildman–Crippen MR) is 70.7 cm³/mol. The molecule has 0 fully saturated rings. The summed E-state index contributed by atoms with van der Waals surface area (Å²) in [6.07, 6.45) is 1.79. The van der Waals surface area contributed by atoms with Crippen molar-refractivity contribution < 1.29 is 0 Å². The van der Waals surface area contributed by atoms with Crippen LogP contribution in [0.3, 0.4) is 0 Å². The number of nitrogens with one attached hydrogen (secondary N) is 1. The van der Waals surface area contributed by atoms with Crippen LogP contribution >= 0.6 is 15.9 Å².